The lowest BCUT2D eigenvalue weighted by atomic mass is 10.2. The van der Waals surface area contributed by atoms with Crippen molar-refractivity contribution in [1.29, 1.82) is 0 Å². The second-order valence-electron chi connectivity index (χ2n) is 5.23. The molecule has 0 spiro atoms. The topological polar surface area (TPSA) is 72.5 Å². The van der Waals surface area contributed by atoms with E-state index in [1.807, 2.05) is 24.3 Å². The highest BCUT2D eigenvalue weighted by Gasteiger charge is 2.07. The number of carbonyl (C=O) groups is 1. The summed E-state index contributed by atoms with van der Waals surface area (Å²) in [5.41, 5.74) is 1.59. The number of anilines is 1. The minimum Gasteiger partial charge on any atom is -0.497 e. The smallest absolute Gasteiger partial charge is 0.251 e. The third-order valence-corrected chi connectivity index (χ3v) is 3.47. The second-order valence-corrected chi connectivity index (χ2v) is 5.23. The Morgan fingerprint density at radius 2 is 1.96 bits per heavy atom. The number of ether oxygens (including phenoxy) is 2. The third kappa shape index (κ3) is 5.55. The first-order valence-corrected chi connectivity index (χ1v) is 7.83. The first kappa shape index (κ1) is 17.7. The van der Waals surface area contributed by atoms with E-state index in [0.29, 0.717) is 24.5 Å². The molecule has 2 N–H and O–H groups in total. The van der Waals surface area contributed by atoms with Gasteiger partial charge in [-0.05, 0) is 36.2 Å². The standard InChI is InChI=1S/C18H23N3O3/c1-23-11-3-9-19-17-12-15(8-10-20-17)18(22)21-13-14-4-6-16(24-2)7-5-14/h4-8,10,12H,3,9,11,13H2,1-2H3,(H,19,20)(H,21,22). The lowest BCUT2D eigenvalue weighted by Crippen LogP contribution is -2.23. The van der Waals surface area contributed by atoms with Crippen LogP contribution in [0, 0.1) is 0 Å². The van der Waals surface area contributed by atoms with Gasteiger partial charge in [0.1, 0.15) is 11.6 Å². The monoisotopic (exact) mass is 329 g/mol. The van der Waals surface area contributed by atoms with Crippen LogP contribution in [-0.2, 0) is 11.3 Å². The molecule has 1 aromatic carbocycles. The number of hydrogen-bond donors (Lipinski definition) is 2. The predicted octanol–water partition coefficient (Wildman–Crippen LogP) is 2.47. The van der Waals surface area contributed by atoms with Crippen LogP contribution in [0.5, 0.6) is 5.75 Å². The zero-order valence-electron chi connectivity index (χ0n) is 14.0. The minimum absolute atomic E-state index is 0.131. The number of nitrogens with zero attached hydrogens (tertiary/aromatic N) is 1. The van der Waals surface area contributed by atoms with Crippen molar-refractivity contribution in [2.75, 3.05) is 32.7 Å². The van der Waals surface area contributed by atoms with Crippen molar-refractivity contribution >= 4 is 11.7 Å². The molecule has 2 rings (SSSR count). The minimum atomic E-state index is -0.131. The van der Waals surface area contributed by atoms with E-state index < -0.39 is 0 Å². The number of benzene rings is 1. The molecule has 1 amide bonds. The van der Waals surface area contributed by atoms with Crippen LogP contribution in [0.2, 0.25) is 0 Å². The van der Waals surface area contributed by atoms with Gasteiger partial charge in [0.25, 0.3) is 5.91 Å². The highest BCUT2D eigenvalue weighted by Crippen LogP contribution is 2.11. The van der Waals surface area contributed by atoms with Crippen molar-refractivity contribution in [1.82, 2.24) is 10.3 Å². The Labute approximate surface area is 142 Å². The molecule has 0 fully saturated rings. The summed E-state index contributed by atoms with van der Waals surface area (Å²) in [5, 5.41) is 6.08. The van der Waals surface area contributed by atoms with Gasteiger partial charge in [-0.3, -0.25) is 4.79 Å². The number of nitrogens with one attached hydrogen (secondary N) is 2. The average Bonchev–Trinajstić information content (AvgIpc) is 2.64. The Morgan fingerprint density at radius 3 is 2.67 bits per heavy atom. The number of aromatic nitrogens is 1. The molecule has 0 aliphatic heterocycles. The first-order chi connectivity index (χ1) is 11.7. The summed E-state index contributed by atoms with van der Waals surface area (Å²) in [7, 11) is 3.30. The average molecular weight is 329 g/mol. The van der Waals surface area contributed by atoms with Crippen LogP contribution >= 0.6 is 0 Å². The van der Waals surface area contributed by atoms with Gasteiger partial charge in [-0.1, -0.05) is 12.1 Å². The molecule has 1 heterocycles. The van der Waals surface area contributed by atoms with Crippen molar-refractivity contribution in [2.45, 2.75) is 13.0 Å². The van der Waals surface area contributed by atoms with Crippen LogP contribution < -0.4 is 15.4 Å². The number of methoxy groups -OCH3 is 2. The molecule has 0 aliphatic carbocycles. The van der Waals surface area contributed by atoms with E-state index in [0.717, 1.165) is 24.3 Å². The van der Waals surface area contributed by atoms with Gasteiger partial charge in [-0.15, -0.1) is 0 Å². The van der Waals surface area contributed by atoms with E-state index in [2.05, 4.69) is 15.6 Å². The summed E-state index contributed by atoms with van der Waals surface area (Å²) in [4.78, 5) is 16.5. The zero-order chi connectivity index (χ0) is 17.2. The van der Waals surface area contributed by atoms with E-state index >= 15 is 0 Å². The van der Waals surface area contributed by atoms with Gasteiger partial charge in [0.05, 0.1) is 7.11 Å². The van der Waals surface area contributed by atoms with Crippen LogP contribution in [0.1, 0.15) is 22.3 Å². The largest absolute Gasteiger partial charge is 0.497 e. The number of amides is 1. The summed E-state index contributed by atoms with van der Waals surface area (Å²) >= 11 is 0. The molecule has 6 heteroatoms. The zero-order valence-corrected chi connectivity index (χ0v) is 14.0. The lowest BCUT2D eigenvalue weighted by Gasteiger charge is -2.09. The fraction of sp³-hybridized carbons (Fsp3) is 0.333. The van der Waals surface area contributed by atoms with E-state index in [1.165, 1.54) is 0 Å². The summed E-state index contributed by atoms with van der Waals surface area (Å²) in [6.07, 6.45) is 2.51. The number of rotatable bonds is 9. The molecule has 0 aliphatic rings. The SMILES string of the molecule is COCCCNc1cc(C(=O)NCc2ccc(OC)cc2)ccn1. The van der Waals surface area contributed by atoms with Crippen molar-refractivity contribution in [3.05, 3.63) is 53.7 Å². The predicted molar refractivity (Wildman–Crippen MR) is 93.4 cm³/mol. The Balaban J connectivity index is 1.86. The maximum atomic E-state index is 12.3. The van der Waals surface area contributed by atoms with Crippen LogP contribution in [0.15, 0.2) is 42.6 Å². The molecular weight excluding hydrogens is 306 g/mol. The molecule has 0 radical (unpaired) electrons. The molecule has 1 aromatic heterocycles. The summed E-state index contributed by atoms with van der Waals surface area (Å²) in [6, 6.07) is 11.0. The molecule has 0 unspecified atom stereocenters. The van der Waals surface area contributed by atoms with Crippen LogP contribution in [-0.4, -0.2) is 38.3 Å². The lowest BCUT2D eigenvalue weighted by molar-refractivity contribution is 0.0951. The molecule has 0 bridgehead atoms. The second kappa shape index (κ2) is 9.52. The Bertz CT molecular complexity index is 644. The van der Waals surface area contributed by atoms with Gasteiger partial charge in [0.2, 0.25) is 0 Å². The number of carbonyl (C=O) groups excluding carboxylic acids is 1. The maximum Gasteiger partial charge on any atom is 0.251 e. The van der Waals surface area contributed by atoms with Crippen LogP contribution in [0.3, 0.4) is 0 Å². The van der Waals surface area contributed by atoms with E-state index in [-0.39, 0.29) is 5.91 Å². The van der Waals surface area contributed by atoms with Crippen molar-refractivity contribution in [2.24, 2.45) is 0 Å². The summed E-state index contributed by atoms with van der Waals surface area (Å²) in [6.45, 7) is 1.90. The molecule has 6 nitrogen and oxygen atoms in total. The molecule has 0 saturated heterocycles. The Morgan fingerprint density at radius 1 is 1.17 bits per heavy atom. The van der Waals surface area contributed by atoms with Crippen molar-refractivity contribution in [3.63, 3.8) is 0 Å². The highest BCUT2D eigenvalue weighted by atomic mass is 16.5. The molecule has 0 atom stereocenters. The highest BCUT2D eigenvalue weighted by molar-refractivity contribution is 5.94. The van der Waals surface area contributed by atoms with Gasteiger partial charge in [0, 0.05) is 38.6 Å². The van der Waals surface area contributed by atoms with Crippen LogP contribution in [0.25, 0.3) is 0 Å². The van der Waals surface area contributed by atoms with Gasteiger partial charge in [-0.2, -0.15) is 0 Å². The van der Waals surface area contributed by atoms with Gasteiger partial charge in [-0.25, -0.2) is 4.98 Å². The van der Waals surface area contributed by atoms with Crippen molar-refractivity contribution < 1.29 is 14.3 Å². The fourth-order valence-corrected chi connectivity index (χ4v) is 2.13. The molecule has 128 valence electrons. The van der Waals surface area contributed by atoms with Gasteiger partial charge in [0.15, 0.2) is 0 Å². The Hall–Kier alpha value is -2.60. The Kier molecular flexibility index (Phi) is 7.04. The van der Waals surface area contributed by atoms with E-state index in [4.69, 9.17) is 9.47 Å². The van der Waals surface area contributed by atoms with Gasteiger partial charge < -0.3 is 20.1 Å². The molecular formula is C18H23N3O3. The molecule has 2 aromatic rings. The maximum absolute atomic E-state index is 12.3. The first-order valence-electron chi connectivity index (χ1n) is 7.83. The molecule has 24 heavy (non-hydrogen) atoms. The third-order valence-electron chi connectivity index (χ3n) is 3.47. The van der Waals surface area contributed by atoms with E-state index in [1.54, 1.807) is 32.5 Å². The quantitative estimate of drug-likeness (QED) is 0.692. The normalized spacial score (nSPS) is 10.2. The number of pyridine rings is 1. The number of hydrogen-bond acceptors (Lipinski definition) is 5. The van der Waals surface area contributed by atoms with Crippen LogP contribution in [0.4, 0.5) is 5.82 Å². The van der Waals surface area contributed by atoms with Crippen molar-refractivity contribution in [3.8, 4) is 5.75 Å². The molecule has 0 saturated carbocycles. The summed E-state index contributed by atoms with van der Waals surface area (Å²) in [5.74, 6) is 1.35. The van der Waals surface area contributed by atoms with Gasteiger partial charge >= 0.3 is 0 Å². The fourth-order valence-electron chi connectivity index (χ4n) is 2.13. The van der Waals surface area contributed by atoms with E-state index in [9.17, 15) is 4.79 Å². The summed E-state index contributed by atoms with van der Waals surface area (Å²) < 4.78 is 10.1.